The van der Waals surface area contributed by atoms with Gasteiger partial charge < -0.3 is 25.0 Å². The predicted octanol–water partition coefficient (Wildman–Crippen LogP) is 4.14. The molecule has 0 radical (unpaired) electrons. The summed E-state index contributed by atoms with van der Waals surface area (Å²) in [4.78, 5) is 40.4. The highest BCUT2D eigenvalue weighted by molar-refractivity contribution is 7.99. The minimum atomic E-state index is -0.368. The molecule has 0 atom stereocenters. The SMILES string of the molecule is CCCCOC(=O)c1ccc(NC(=O)CSc2nc(Nc3ccccc3)nc(N3CCOCC3)n2)cc1. The van der Waals surface area contributed by atoms with Crippen molar-refractivity contribution >= 4 is 46.9 Å². The van der Waals surface area contributed by atoms with E-state index in [4.69, 9.17) is 9.47 Å². The van der Waals surface area contributed by atoms with Crippen LogP contribution in [0.3, 0.4) is 0 Å². The van der Waals surface area contributed by atoms with Crippen LogP contribution in [0.2, 0.25) is 0 Å². The Morgan fingerprint density at radius 3 is 2.49 bits per heavy atom. The Bertz CT molecular complexity index is 1170. The lowest BCUT2D eigenvalue weighted by Gasteiger charge is -2.27. The highest BCUT2D eigenvalue weighted by Crippen LogP contribution is 2.22. The van der Waals surface area contributed by atoms with Gasteiger partial charge in [-0.3, -0.25) is 4.79 Å². The van der Waals surface area contributed by atoms with Crippen molar-refractivity contribution in [1.29, 1.82) is 0 Å². The summed E-state index contributed by atoms with van der Waals surface area (Å²) in [6.07, 6.45) is 1.79. The van der Waals surface area contributed by atoms with E-state index in [1.807, 2.05) is 42.2 Å². The number of rotatable bonds is 11. The molecule has 2 heterocycles. The summed E-state index contributed by atoms with van der Waals surface area (Å²) in [5, 5.41) is 6.49. The predicted molar refractivity (Wildman–Crippen MR) is 144 cm³/mol. The number of carbonyl (C=O) groups excluding carboxylic acids is 2. The molecule has 1 aromatic heterocycles. The molecule has 0 unspecified atom stereocenters. The average molecular weight is 523 g/mol. The third-order valence-electron chi connectivity index (χ3n) is 5.39. The van der Waals surface area contributed by atoms with Gasteiger partial charge in [-0.2, -0.15) is 15.0 Å². The van der Waals surface area contributed by atoms with Crippen molar-refractivity contribution in [2.75, 3.05) is 54.2 Å². The van der Waals surface area contributed by atoms with E-state index in [1.54, 1.807) is 24.3 Å². The number of aromatic nitrogens is 3. The number of benzene rings is 2. The smallest absolute Gasteiger partial charge is 0.338 e. The number of esters is 1. The fourth-order valence-electron chi connectivity index (χ4n) is 3.43. The Morgan fingerprint density at radius 2 is 1.76 bits per heavy atom. The summed E-state index contributed by atoms with van der Waals surface area (Å²) in [6.45, 7) is 5.01. The van der Waals surface area contributed by atoms with Crippen LogP contribution in [0.4, 0.5) is 23.3 Å². The van der Waals surface area contributed by atoms with Gasteiger partial charge in [0.25, 0.3) is 0 Å². The number of thioether (sulfide) groups is 1. The summed E-state index contributed by atoms with van der Waals surface area (Å²) >= 11 is 1.22. The van der Waals surface area contributed by atoms with Gasteiger partial charge in [-0.25, -0.2) is 4.79 Å². The van der Waals surface area contributed by atoms with Gasteiger partial charge in [0.05, 0.1) is 31.1 Å². The molecule has 0 spiro atoms. The third-order valence-corrected chi connectivity index (χ3v) is 6.24. The monoisotopic (exact) mass is 522 g/mol. The Balaban J connectivity index is 1.37. The number of amides is 1. The molecule has 0 aliphatic carbocycles. The first-order chi connectivity index (χ1) is 18.1. The molecule has 0 bridgehead atoms. The molecule has 1 fully saturated rings. The van der Waals surface area contributed by atoms with Gasteiger partial charge in [0.1, 0.15) is 0 Å². The Hall–Kier alpha value is -3.70. The zero-order valence-electron chi connectivity index (χ0n) is 20.7. The highest BCUT2D eigenvalue weighted by Gasteiger charge is 2.18. The zero-order chi connectivity index (χ0) is 25.9. The van der Waals surface area contributed by atoms with Crippen LogP contribution in [0.25, 0.3) is 0 Å². The molecule has 0 saturated carbocycles. The molecule has 1 aliphatic heterocycles. The molecule has 11 heteroatoms. The van der Waals surface area contributed by atoms with E-state index < -0.39 is 0 Å². The molecule has 2 N–H and O–H groups in total. The normalized spacial score (nSPS) is 13.2. The Labute approximate surface area is 220 Å². The molecule has 2 aromatic carbocycles. The van der Waals surface area contributed by atoms with Crippen molar-refractivity contribution in [3.8, 4) is 0 Å². The molecule has 1 aliphatic rings. The van der Waals surface area contributed by atoms with Gasteiger partial charge in [-0.15, -0.1) is 0 Å². The number of hydrogen-bond donors (Lipinski definition) is 2. The number of nitrogens with zero attached hydrogens (tertiary/aromatic N) is 4. The number of anilines is 4. The van der Waals surface area contributed by atoms with Crippen molar-refractivity contribution in [1.82, 2.24) is 15.0 Å². The standard InChI is InChI=1S/C26H30N6O4S/c1-2-3-15-36-23(34)19-9-11-21(12-10-19)27-22(33)18-37-26-30-24(28-20-7-5-4-6-8-20)29-25(31-26)32-13-16-35-17-14-32/h4-12H,2-3,13-18H2,1H3,(H,27,33)(H,28,29,30,31). The van der Waals surface area contributed by atoms with Crippen LogP contribution >= 0.6 is 11.8 Å². The van der Waals surface area contributed by atoms with Gasteiger partial charge in [-0.05, 0) is 42.8 Å². The van der Waals surface area contributed by atoms with Gasteiger partial charge >= 0.3 is 5.97 Å². The van der Waals surface area contributed by atoms with Crippen LogP contribution < -0.4 is 15.5 Å². The molecule has 4 rings (SSSR count). The zero-order valence-corrected chi connectivity index (χ0v) is 21.5. The molecule has 194 valence electrons. The summed E-state index contributed by atoms with van der Waals surface area (Å²) in [7, 11) is 0. The number of carbonyl (C=O) groups is 2. The topological polar surface area (TPSA) is 119 Å². The quantitative estimate of drug-likeness (QED) is 0.216. The van der Waals surface area contributed by atoms with E-state index in [0.29, 0.717) is 61.2 Å². The second kappa shape index (κ2) is 13.6. The molecule has 37 heavy (non-hydrogen) atoms. The lowest BCUT2D eigenvalue weighted by molar-refractivity contribution is -0.113. The molecular formula is C26H30N6O4S. The van der Waals surface area contributed by atoms with Gasteiger partial charge in [0.2, 0.25) is 17.8 Å². The van der Waals surface area contributed by atoms with Crippen molar-refractivity contribution in [3.05, 3.63) is 60.2 Å². The largest absolute Gasteiger partial charge is 0.462 e. The third kappa shape index (κ3) is 8.16. The Morgan fingerprint density at radius 1 is 1.00 bits per heavy atom. The number of hydrogen-bond acceptors (Lipinski definition) is 10. The van der Waals surface area contributed by atoms with E-state index >= 15 is 0 Å². The van der Waals surface area contributed by atoms with Crippen molar-refractivity contribution in [3.63, 3.8) is 0 Å². The van der Waals surface area contributed by atoms with Crippen LogP contribution in [-0.2, 0) is 14.3 Å². The molecular weight excluding hydrogens is 492 g/mol. The summed E-state index contributed by atoms with van der Waals surface area (Å²) in [5.41, 5.74) is 1.89. The average Bonchev–Trinajstić information content (AvgIpc) is 2.93. The van der Waals surface area contributed by atoms with E-state index in [1.165, 1.54) is 11.8 Å². The molecule has 1 saturated heterocycles. The summed E-state index contributed by atoms with van der Waals surface area (Å²) in [5.74, 6) is 0.480. The second-order valence-corrected chi connectivity index (χ2v) is 9.18. The molecule has 3 aromatic rings. The second-order valence-electron chi connectivity index (χ2n) is 8.24. The van der Waals surface area contributed by atoms with Crippen molar-refractivity contribution < 1.29 is 19.1 Å². The number of morpholine rings is 1. The maximum Gasteiger partial charge on any atom is 0.338 e. The van der Waals surface area contributed by atoms with E-state index in [2.05, 4.69) is 25.6 Å². The van der Waals surface area contributed by atoms with Crippen molar-refractivity contribution in [2.45, 2.75) is 24.9 Å². The fraction of sp³-hybridized carbons (Fsp3) is 0.346. The number of para-hydroxylation sites is 1. The van der Waals surface area contributed by atoms with E-state index in [9.17, 15) is 9.59 Å². The van der Waals surface area contributed by atoms with Crippen LogP contribution in [0, 0.1) is 0 Å². The molecule has 1 amide bonds. The fourth-order valence-corrected chi connectivity index (χ4v) is 4.06. The van der Waals surface area contributed by atoms with Crippen LogP contribution in [0.1, 0.15) is 30.1 Å². The lowest BCUT2D eigenvalue weighted by Crippen LogP contribution is -2.37. The van der Waals surface area contributed by atoms with Crippen LogP contribution in [0.15, 0.2) is 59.8 Å². The van der Waals surface area contributed by atoms with Crippen LogP contribution in [-0.4, -0.2) is 65.5 Å². The van der Waals surface area contributed by atoms with E-state index in [0.717, 1.165) is 18.5 Å². The summed E-state index contributed by atoms with van der Waals surface area (Å²) in [6, 6.07) is 16.3. The highest BCUT2D eigenvalue weighted by atomic mass is 32.2. The van der Waals surface area contributed by atoms with Crippen molar-refractivity contribution in [2.24, 2.45) is 0 Å². The first-order valence-corrected chi connectivity index (χ1v) is 13.2. The Kier molecular flexibility index (Phi) is 9.67. The first-order valence-electron chi connectivity index (χ1n) is 12.2. The maximum absolute atomic E-state index is 12.6. The lowest BCUT2D eigenvalue weighted by atomic mass is 10.2. The van der Waals surface area contributed by atoms with Gasteiger partial charge in [-0.1, -0.05) is 43.3 Å². The summed E-state index contributed by atoms with van der Waals surface area (Å²) < 4.78 is 10.7. The first kappa shape index (κ1) is 26.4. The van der Waals surface area contributed by atoms with Gasteiger partial charge in [0.15, 0.2) is 5.16 Å². The van der Waals surface area contributed by atoms with E-state index in [-0.39, 0.29) is 17.6 Å². The maximum atomic E-state index is 12.6. The minimum Gasteiger partial charge on any atom is -0.462 e. The van der Waals surface area contributed by atoms with Crippen LogP contribution in [0.5, 0.6) is 0 Å². The number of ether oxygens (including phenoxy) is 2. The number of unbranched alkanes of at least 4 members (excludes halogenated alkanes) is 1. The van der Waals surface area contributed by atoms with Gasteiger partial charge in [0, 0.05) is 24.5 Å². The molecule has 10 nitrogen and oxygen atoms in total. The number of nitrogens with one attached hydrogen (secondary N) is 2. The minimum absolute atomic E-state index is 0.109.